The molecule has 0 spiro atoms. The van der Waals surface area contributed by atoms with Crippen molar-refractivity contribution in [2.45, 2.75) is 44.2 Å². The van der Waals surface area contributed by atoms with Crippen LogP contribution in [0.1, 0.15) is 32.1 Å². The molecule has 2 aliphatic heterocycles. The molecule has 0 aromatic rings. The van der Waals surface area contributed by atoms with Crippen molar-refractivity contribution in [3.63, 3.8) is 0 Å². The Balaban J connectivity index is 1.49. The maximum absolute atomic E-state index is 5.78. The number of allylic oxidation sites excluding steroid dienone is 1. The van der Waals surface area contributed by atoms with Crippen LogP contribution >= 0.6 is 0 Å². The average molecular weight is 247 g/mol. The average Bonchev–Trinajstić information content (AvgIpc) is 2.94. The Kier molecular flexibility index (Phi) is 3.71. The van der Waals surface area contributed by atoms with Crippen molar-refractivity contribution in [2.75, 3.05) is 26.2 Å². The summed E-state index contributed by atoms with van der Waals surface area (Å²) in [4.78, 5) is 5.35. The Hall–Kier alpha value is -0.800. The SMILES string of the molecule is NC1=CCC(N2CCC(N3CCCC3)CC2)C=C1. The van der Waals surface area contributed by atoms with Gasteiger partial charge in [0.1, 0.15) is 0 Å². The molecule has 2 heterocycles. The third kappa shape index (κ3) is 2.62. The second kappa shape index (κ2) is 5.45. The van der Waals surface area contributed by atoms with Crippen LogP contribution in [0.25, 0.3) is 0 Å². The lowest BCUT2D eigenvalue weighted by molar-refractivity contribution is 0.110. The fourth-order valence-corrected chi connectivity index (χ4v) is 3.59. The fraction of sp³-hybridized carbons (Fsp3) is 0.733. The number of hydrogen-bond donors (Lipinski definition) is 1. The minimum absolute atomic E-state index is 0.594. The summed E-state index contributed by atoms with van der Waals surface area (Å²) < 4.78 is 0. The Bertz CT molecular complexity index is 334. The van der Waals surface area contributed by atoms with Crippen LogP contribution in [0, 0.1) is 0 Å². The van der Waals surface area contributed by atoms with Crippen molar-refractivity contribution >= 4 is 0 Å². The van der Waals surface area contributed by atoms with Gasteiger partial charge in [-0.1, -0.05) is 12.2 Å². The predicted octanol–water partition coefficient (Wildman–Crippen LogP) is 1.72. The highest BCUT2D eigenvalue weighted by atomic mass is 15.2. The molecule has 0 amide bonds. The molecule has 1 atom stereocenters. The minimum atomic E-state index is 0.594. The van der Waals surface area contributed by atoms with E-state index in [1.165, 1.54) is 51.9 Å². The molecule has 2 N–H and O–H groups in total. The van der Waals surface area contributed by atoms with Crippen LogP contribution in [0.3, 0.4) is 0 Å². The summed E-state index contributed by atoms with van der Waals surface area (Å²) in [5, 5.41) is 0. The molecular weight excluding hydrogens is 222 g/mol. The molecule has 1 unspecified atom stereocenters. The molecule has 100 valence electrons. The van der Waals surface area contributed by atoms with E-state index in [9.17, 15) is 0 Å². The Labute approximate surface area is 110 Å². The molecule has 0 bridgehead atoms. The number of nitrogens with two attached hydrogens (primary N) is 1. The number of hydrogen-bond acceptors (Lipinski definition) is 3. The van der Waals surface area contributed by atoms with Crippen LogP contribution in [-0.2, 0) is 0 Å². The molecule has 3 nitrogen and oxygen atoms in total. The summed E-state index contributed by atoms with van der Waals surface area (Å²) in [7, 11) is 0. The highest BCUT2D eigenvalue weighted by Crippen LogP contribution is 2.24. The maximum Gasteiger partial charge on any atom is 0.0317 e. The second-order valence-corrected chi connectivity index (χ2v) is 5.88. The summed E-state index contributed by atoms with van der Waals surface area (Å²) in [6.45, 7) is 5.19. The zero-order chi connectivity index (χ0) is 12.4. The minimum Gasteiger partial charge on any atom is -0.399 e. The van der Waals surface area contributed by atoms with Crippen LogP contribution < -0.4 is 5.73 Å². The molecule has 1 aliphatic carbocycles. The molecule has 3 aliphatic rings. The van der Waals surface area contributed by atoms with Crippen LogP contribution in [-0.4, -0.2) is 48.1 Å². The molecule has 2 fully saturated rings. The first-order chi connectivity index (χ1) is 8.83. The Morgan fingerprint density at radius 1 is 1.00 bits per heavy atom. The largest absolute Gasteiger partial charge is 0.399 e. The van der Waals surface area contributed by atoms with E-state index in [2.05, 4.69) is 28.0 Å². The van der Waals surface area contributed by atoms with E-state index < -0.39 is 0 Å². The van der Waals surface area contributed by atoms with Gasteiger partial charge in [-0.15, -0.1) is 0 Å². The highest BCUT2D eigenvalue weighted by molar-refractivity contribution is 5.22. The van der Waals surface area contributed by atoms with Gasteiger partial charge in [0.05, 0.1) is 0 Å². The first-order valence-corrected chi connectivity index (χ1v) is 7.45. The van der Waals surface area contributed by atoms with E-state index in [-0.39, 0.29) is 0 Å². The van der Waals surface area contributed by atoms with Gasteiger partial charge >= 0.3 is 0 Å². The van der Waals surface area contributed by atoms with Gasteiger partial charge in [-0.2, -0.15) is 0 Å². The predicted molar refractivity (Wildman–Crippen MR) is 75.2 cm³/mol. The molecule has 3 heteroatoms. The van der Waals surface area contributed by atoms with Crippen LogP contribution in [0.15, 0.2) is 23.9 Å². The Morgan fingerprint density at radius 2 is 1.72 bits per heavy atom. The van der Waals surface area contributed by atoms with E-state index in [1.807, 2.05) is 0 Å². The number of likely N-dealkylation sites (tertiary alicyclic amines) is 2. The summed E-state index contributed by atoms with van der Waals surface area (Å²) in [6.07, 6.45) is 13.1. The zero-order valence-electron chi connectivity index (χ0n) is 11.2. The second-order valence-electron chi connectivity index (χ2n) is 5.88. The lowest BCUT2D eigenvalue weighted by Crippen LogP contribution is -2.47. The quantitative estimate of drug-likeness (QED) is 0.806. The molecule has 18 heavy (non-hydrogen) atoms. The summed E-state index contributed by atoms with van der Waals surface area (Å²) in [5.41, 5.74) is 6.71. The van der Waals surface area contributed by atoms with Gasteiger partial charge < -0.3 is 10.6 Å². The van der Waals surface area contributed by atoms with Crippen LogP contribution in [0.4, 0.5) is 0 Å². The van der Waals surface area contributed by atoms with Gasteiger partial charge in [0.15, 0.2) is 0 Å². The number of piperidine rings is 1. The number of nitrogens with zero attached hydrogens (tertiary/aromatic N) is 2. The van der Waals surface area contributed by atoms with Gasteiger partial charge in [0, 0.05) is 30.9 Å². The van der Waals surface area contributed by atoms with Gasteiger partial charge in [-0.05, 0) is 51.3 Å². The molecule has 0 radical (unpaired) electrons. The van der Waals surface area contributed by atoms with Crippen molar-refractivity contribution in [3.8, 4) is 0 Å². The lowest BCUT2D eigenvalue weighted by atomic mass is 9.98. The maximum atomic E-state index is 5.78. The smallest absolute Gasteiger partial charge is 0.0317 e. The van der Waals surface area contributed by atoms with Crippen molar-refractivity contribution in [1.82, 2.24) is 9.80 Å². The van der Waals surface area contributed by atoms with Gasteiger partial charge in [-0.3, -0.25) is 4.90 Å². The third-order valence-corrected chi connectivity index (χ3v) is 4.73. The Morgan fingerprint density at radius 3 is 2.33 bits per heavy atom. The van der Waals surface area contributed by atoms with Crippen LogP contribution in [0.5, 0.6) is 0 Å². The summed E-state index contributed by atoms with van der Waals surface area (Å²) in [6, 6.07) is 1.45. The third-order valence-electron chi connectivity index (χ3n) is 4.73. The van der Waals surface area contributed by atoms with E-state index in [4.69, 9.17) is 5.73 Å². The van der Waals surface area contributed by atoms with Crippen molar-refractivity contribution in [1.29, 1.82) is 0 Å². The fourth-order valence-electron chi connectivity index (χ4n) is 3.59. The normalized spacial score (nSPS) is 31.8. The standard InChI is InChI=1S/C15H25N3/c16-13-3-5-14(6-4-13)18-11-7-15(8-12-18)17-9-1-2-10-17/h3-5,14-15H,1-2,6-12,16H2. The van der Waals surface area contributed by atoms with Crippen molar-refractivity contribution in [3.05, 3.63) is 23.9 Å². The van der Waals surface area contributed by atoms with Crippen LogP contribution in [0.2, 0.25) is 0 Å². The topological polar surface area (TPSA) is 32.5 Å². The van der Waals surface area contributed by atoms with Crippen molar-refractivity contribution in [2.24, 2.45) is 5.73 Å². The summed E-state index contributed by atoms with van der Waals surface area (Å²) in [5.74, 6) is 0. The van der Waals surface area contributed by atoms with E-state index in [0.29, 0.717) is 6.04 Å². The zero-order valence-corrected chi connectivity index (χ0v) is 11.2. The molecule has 2 saturated heterocycles. The van der Waals surface area contributed by atoms with E-state index >= 15 is 0 Å². The number of rotatable bonds is 2. The van der Waals surface area contributed by atoms with Gasteiger partial charge in [0.2, 0.25) is 0 Å². The molecular formula is C15H25N3. The van der Waals surface area contributed by atoms with Crippen molar-refractivity contribution < 1.29 is 0 Å². The summed E-state index contributed by atoms with van der Waals surface area (Å²) >= 11 is 0. The van der Waals surface area contributed by atoms with E-state index in [1.54, 1.807) is 0 Å². The first-order valence-electron chi connectivity index (χ1n) is 7.45. The monoisotopic (exact) mass is 247 g/mol. The lowest BCUT2D eigenvalue weighted by Gasteiger charge is -2.40. The molecule has 3 rings (SSSR count). The van der Waals surface area contributed by atoms with E-state index in [0.717, 1.165) is 18.2 Å². The highest BCUT2D eigenvalue weighted by Gasteiger charge is 2.28. The molecule has 0 saturated carbocycles. The van der Waals surface area contributed by atoms with Gasteiger partial charge in [0.25, 0.3) is 0 Å². The first kappa shape index (κ1) is 12.2. The molecule has 0 aromatic heterocycles. The van der Waals surface area contributed by atoms with Gasteiger partial charge in [-0.25, -0.2) is 0 Å². The molecule has 0 aromatic carbocycles.